The van der Waals surface area contributed by atoms with Crippen molar-refractivity contribution in [1.29, 1.82) is 0 Å². The summed E-state index contributed by atoms with van der Waals surface area (Å²) in [6.07, 6.45) is 2.69. The fourth-order valence-electron chi connectivity index (χ4n) is 2.43. The lowest BCUT2D eigenvalue weighted by Crippen LogP contribution is -2.43. The van der Waals surface area contributed by atoms with E-state index in [4.69, 9.17) is 9.84 Å². The molecule has 2 atom stereocenters. The monoisotopic (exact) mass is 322 g/mol. The number of hydrogen-bond acceptors (Lipinski definition) is 5. The molecule has 2 rings (SSSR count). The highest BCUT2D eigenvalue weighted by Crippen LogP contribution is 2.15. The summed E-state index contributed by atoms with van der Waals surface area (Å²) in [6.45, 7) is 6.72. The average molecular weight is 322 g/mol. The highest BCUT2D eigenvalue weighted by Gasteiger charge is 2.17. The van der Waals surface area contributed by atoms with Crippen LogP contribution in [0.4, 0.5) is 10.6 Å². The third-order valence-corrected chi connectivity index (χ3v) is 3.88. The topological polar surface area (TPSA) is 86.7 Å². The minimum Gasteiger partial charge on any atom is -0.394 e. The number of rotatable bonds is 6. The molecule has 2 heterocycles. The van der Waals surface area contributed by atoms with Gasteiger partial charge < -0.3 is 25.4 Å². The number of nitrogens with one attached hydrogen (secondary N) is 2. The summed E-state index contributed by atoms with van der Waals surface area (Å²) in [5.74, 6) is 0.930. The summed E-state index contributed by atoms with van der Waals surface area (Å²) in [4.78, 5) is 18.4. The molecule has 128 valence electrons. The molecule has 0 bridgehead atoms. The van der Waals surface area contributed by atoms with Gasteiger partial charge in [-0.1, -0.05) is 13.0 Å². The Hall–Kier alpha value is -1.86. The Balaban J connectivity index is 1.82. The number of carbonyl (C=O) groups is 1. The fourth-order valence-corrected chi connectivity index (χ4v) is 2.43. The zero-order valence-corrected chi connectivity index (χ0v) is 13.8. The van der Waals surface area contributed by atoms with Gasteiger partial charge in [0.05, 0.1) is 25.4 Å². The van der Waals surface area contributed by atoms with Gasteiger partial charge in [0.2, 0.25) is 0 Å². The van der Waals surface area contributed by atoms with Crippen molar-refractivity contribution in [3.8, 4) is 0 Å². The van der Waals surface area contributed by atoms with Gasteiger partial charge in [-0.15, -0.1) is 0 Å². The van der Waals surface area contributed by atoms with Crippen LogP contribution in [0, 0.1) is 0 Å². The molecule has 0 aliphatic carbocycles. The van der Waals surface area contributed by atoms with Crippen molar-refractivity contribution in [2.24, 2.45) is 0 Å². The zero-order valence-electron chi connectivity index (χ0n) is 13.8. The van der Waals surface area contributed by atoms with E-state index in [0.717, 1.165) is 31.1 Å². The second-order valence-electron chi connectivity index (χ2n) is 5.77. The quantitative estimate of drug-likeness (QED) is 0.724. The fraction of sp³-hybridized carbons (Fsp3) is 0.625. The van der Waals surface area contributed by atoms with Crippen molar-refractivity contribution in [3.05, 3.63) is 23.9 Å². The number of carbonyl (C=O) groups excluding carboxylic acids is 1. The first-order valence-electron chi connectivity index (χ1n) is 8.09. The largest absolute Gasteiger partial charge is 0.394 e. The third-order valence-electron chi connectivity index (χ3n) is 3.88. The van der Waals surface area contributed by atoms with E-state index in [1.807, 2.05) is 19.1 Å². The number of nitrogens with zero attached hydrogens (tertiary/aromatic N) is 2. The van der Waals surface area contributed by atoms with E-state index in [2.05, 4.69) is 27.4 Å². The molecule has 1 saturated heterocycles. The van der Waals surface area contributed by atoms with Crippen molar-refractivity contribution >= 4 is 11.8 Å². The lowest BCUT2D eigenvalue weighted by molar-refractivity contribution is 0.0529. The van der Waals surface area contributed by atoms with Crippen LogP contribution in [0.5, 0.6) is 0 Å². The van der Waals surface area contributed by atoms with Gasteiger partial charge in [-0.25, -0.2) is 9.78 Å². The second kappa shape index (κ2) is 8.69. The molecule has 7 heteroatoms. The second-order valence-corrected chi connectivity index (χ2v) is 5.77. The van der Waals surface area contributed by atoms with Crippen molar-refractivity contribution in [1.82, 2.24) is 15.6 Å². The number of ether oxygens (including phenoxy) is 1. The zero-order chi connectivity index (χ0) is 16.7. The number of aromatic nitrogens is 1. The minimum absolute atomic E-state index is 0.0574. The van der Waals surface area contributed by atoms with Crippen LogP contribution in [-0.4, -0.2) is 54.6 Å². The maximum absolute atomic E-state index is 11.7. The maximum Gasteiger partial charge on any atom is 0.315 e. The van der Waals surface area contributed by atoms with Crippen molar-refractivity contribution in [2.75, 3.05) is 31.2 Å². The van der Waals surface area contributed by atoms with E-state index < -0.39 is 0 Å². The lowest BCUT2D eigenvalue weighted by atomic mass is 10.2. The van der Waals surface area contributed by atoms with Crippen LogP contribution in [-0.2, 0) is 11.3 Å². The minimum atomic E-state index is -0.281. The first-order valence-corrected chi connectivity index (χ1v) is 8.09. The van der Waals surface area contributed by atoms with Crippen LogP contribution < -0.4 is 15.5 Å². The standard InChI is InChI=1S/C16H26N4O3/c1-3-14(11-21)19-16(22)18-9-13-4-5-15(17-8-13)20-6-7-23-12(2)10-20/h4-5,8,12,14,21H,3,6-7,9-11H2,1-2H3,(H2,18,19,22)/t12-,14+/m1/s1. The highest BCUT2D eigenvalue weighted by molar-refractivity contribution is 5.74. The molecule has 0 aromatic carbocycles. The van der Waals surface area contributed by atoms with Gasteiger partial charge in [0.25, 0.3) is 0 Å². The Bertz CT molecular complexity index is 491. The van der Waals surface area contributed by atoms with Gasteiger partial charge in [-0.3, -0.25) is 0 Å². The van der Waals surface area contributed by atoms with Crippen LogP contribution in [0.2, 0.25) is 0 Å². The molecule has 3 N–H and O–H groups in total. The predicted molar refractivity (Wildman–Crippen MR) is 88.4 cm³/mol. The van der Waals surface area contributed by atoms with Gasteiger partial charge in [-0.05, 0) is 25.0 Å². The summed E-state index contributed by atoms with van der Waals surface area (Å²) < 4.78 is 5.53. The van der Waals surface area contributed by atoms with E-state index in [9.17, 15) is 4.79 Å². The van der Waals surface area contributed by atoms with Gasteiger partial charge in [0, 0.05) is 25.8 Å². The Morgan fingerprint density at radius 3 is 3.00 bits per heavy atom. The summed E-state index contributed by atoms with van der Waals surface area (Å²) in [6, 6.07) is 3.44. The van der Waals surface area contributed by atoms with Crippen molar-refractivity contribution in [2.45, 2.75) is 39.0 Å². The number of aliphatic hydroxyl groups excluding tert-OH is 1. The molecule has 1 aliphatic rings. The molecule has 2 amide bonds. The molecule has 0 unspecified atom stereocenters. The number of aliphatic hydroxyl groups is 1. The number of urea groups is 1. The van der Waals surface area contributed by atoms with Crippen molar-refractivity contribution < 1.29 is 14.6 Å². The van der Waals surface area contributed by atoms with Crippen molar-refractivity contribution in [3.63, 3.8) is 0 Å². The molecule has 7 nitrogen and oxygen atoms in total. The molecule has 1 fully saturated rings. The Kier molecular flexibility index (Phi) is 6.61. The molecule has 23 heavy (non-hydrogen) atoms. The van der Waals surface area contributed by atoms with Gasteiger partial charge in [-0.2, -0.15) is 0 Å². The number of pyridine rings is 1. The summed E-state index contributed by atoms with van der Waals surface area (Å²) in [7, 11) is 0. The van der Waals surface area contributed by atoms with E-state index in [1.54, 1.807) is 6.20 Å². The number of hydrogen-bond donors (Lipinski definition) is 3. The van der Waals surface area contributed by atoms with E-state index in [-0.39, 0.29) is 24.8 Å². The SMILES string of the molecule is CC[C@@H](CO)NC(=O)NCc1ccc(N2CCO[C@H](C)C2)nc1. The number of amides is 2. The molecule has 1 aromatic heterocycles. The molecule has 0 radical (unpaired) electrons. The smallest absolute Gasteiger partial charge is 0.315 e. The van der Waals surface area contributed by atoms with Crippen LogP contribution in [0.3, 0.4) is 0 Å². The molecular weight excluding hydrogens is 296 g/mol. The van der Waals surface area contributed by atoms with Gasteiger partial charge in [0.15, 0.2) is 0 Å². The first kappa shape index (κ1) is 17.5. The molecule has 1 aliphatic heterocycles. The Morgan fingerprint density at radius 1 is 1.57 bits per heavy atom. The predicted octanol–water partition coefficient (Wildman–Crippen LogP) is 0.877. The summed E-state index contributed by atoms with van der Waals surface area (Å²) >= 11 is 0. The third kappa shape index (κ3) is 5.37. The number of anilines is 1. The van der Waals surface area contributed by atoms with Crippen LogP contribution in [0.1, 0.15) is 25.8 Å². The normalized spacial score (nSPS) is 19.3. The van der Waals surface area contributed by atoms with E-state index in [0.29, 0.717) is 13.0 Å². The summed E-state index contributed by atoms with van der Waals surface area (Å²) in [5, 5.41) is 14.5. The molecular formula is C16H26N4O3. The first-order chi connectivity index (χ1) is 11.1. The number of morpholine rings is 1. The highest BCUT2D eigenvalue weighted by atomic mass is 16.5. The average Bonchev–Trinajstić information content (AvgIpc) is 2.58. The van der Waals surface area contributed by atoms with Crippen LogP contribution >= 0.6 is 0 Å². The summed E-state index contributed by atoms with van der Waals surface area (Å²) in [5.41, 5.74) is 0.933. The van der Waals surface area contributed by atoms with Gasteiger partial charge >= 0.3 is 6.03 Å². The molecule has 0 saturated carbocycles. The van der Waals surface area contributed by atoms with Crippen LogP contribution in [0.15, 0.2) is 18.3 Å². The van der Waals surface area contributed by atoms with E-state index >= 15 is 0 Å². The maximum atomic E-state index is 11.7. The lowest BCUT2D eigenvalue weighted by Gasteiger charge is -2.32. The van der Waals surface area contributed by atoms with Crippen LogP contribution in [0.25, 0.3) is 0 Å². The Morgan fingerprint density at radius 2 is 2.39 bits per heavy atom. The van der Waals surface area contributed by atoms with E-state index in [1.165, 1.54) is 0 Å². The molecule has 1 aromatic rings. The Labute approximate surface area is 137 Å². The van der Waals surface area contributed by atoms with Gasteiger partial charge in [0.1, 0.15) is 5.82 Å². The molecule has 0 spiro atoms.